The van der Waals surface area contributed by atoms with Crippen molar-refractivity contribution in [1.29, 1.82) is 0 Å². The highest BCUT2D eigenvalue weighted by molar-refractivity contribution is 5.73. The molecule has 11 heteroatoms. The van der Waals surface area contributed by atoms with Gasteiger partial charge < -0.3 is 54.7 Å². The highest BCUT2D eigenvalue weighted by Gasteiger charge is 2.33. The normalized spacial score (nSPS) is 11.5. The number of phenols is 7. The Balaban J connectivity index is 1.67. The molecule has 0 saturated heterocycles. The molecule has 1 aliphatic rings. The van der Waals surface area contributed by atoms with Crippen molar-refractivity contribution in [3.8, 4) is 86.2 Å². The van der Waals surface area contributed by atoms with Crippen molar-refractivity contribution in [2.45, 2.75) is 0 Å². The van der Waals surface area contributed by atoms with E-state index in [1.165, 1.54) is 24.3 Å². The van der Waals surface area contributed by atoms with Crippen molar-refractivity contribution in [2.75, 3.05) is 0 Å². The van der Waals surface area contributed by atoms with Crippen LogP contribution in [-0.2, 0) is 0 Å². The molecule has 35 heavy (non-hydrogen) atoms. The highest BCUT2D eigenvalue weighted by Crippen LogP contribution is 2.61. The van der Waals surface area contributed by atoms with Gasteiger partial charge in [0.1, 0.15) is 23.0 Å². The number of rotatable bonds is 4. The first kappa shape index (κ1) is 21.5. The Morgan fingerprint density at radius 3 is 1.77 bits per heavy atom. The summed E-state index contributed by atoms with van der Waals surface area (Å²) in [5, 5.41) is 70.0. The SMILES string of the molecule is Oc1ccc(Oc2c(Oc3c(O)cc(O)cc3O)cc(O)c3c2Oc2c(O)cc(O)cc2O3)cc1. The van der Waals surface area contributed by atoms with Gasteiger partial charge in [0.05, 0.1) is 0 Å². The monoisotopic (exact) mass is 480 g/mol. The van der Waals surface area contributed by atoms with Crippen molar-refractivity contribution in [1.82, 2.24) is 0 Å². The average Bonchev–Trinajstić information content (AvgIpc) is 2.79. The van der Waals surface area contributed by atoms with Gasteiger partial charge >= 0.3 is 0 Å². The fourth-order valence-electron chi connectivity index (χ4n) is 3.34. The lowest BCUT2D eigenvalue weighted by Crippen LogP contribution is -2.03. The molecular formula is C24H16O11. The van der Waals surface area contributed by atoms with Crippen LogP contribution in [0.5, 0.6) is 86.2 Å². The Morgan fingerprint density at radius 1 is 0.486 bits per heavy atom. The van der Waals surface area contributed by atoms with E-state index in [0.717, 1.165) is 30.3 Å². The number of hydrogen-bond acceptors (Lipinski definition) is 11. The van der Waals surface area contributed by atoms with Gasteiger partial charge in [0.2, 0.25) is 28.7 Å². The lowest BCUT2D eigenvalue weighted by atomic mass is 10.2. The summed E-state index contributed by atoms with van der Waals surface area (Å²) in [7, 11) is 0. The Labute approximate surface area is 196 Å². The fraction of sp³-hybridized carbons (Fsp3) is 0. The van der Waals surface area contributed by atoms with Gasteiger partial charge in [-0.3, -0.25) is 0 Å². The second kappa shape index (κ2) is 7.92. The molecule has 0 amide bonds. The van der Waals surface area contributed by atoms with E-state index in [1.807, 2.05) is 0 Å². The molecule has 0 radical (unpaired) electrons. The van der Waals surface area contributed by atoms with Crippen LogP contribution in [0.1, 0.15) is 0 Å². The summed E-state index contributed by atoms with van der Waals surface area (Å²) in [4.78, 5) is 0. The molecule has 0 aromatic heterocycles. The molecule has 0 atom stereocenters. The van der Waals surface area contributed by atoms with E-state index in [4.69, 9.17) is 18.9 Å². The predicted octanol–water partition coefficient (Wildman–Crippen LogP) is 5.11. The maximum absolute atomic E-state index is 10.6. The third-order valence-corrected chi connectivity index (χ3v) is 4.88. The molecule has 4 aromatic carbocycles. The first-order chi connectivity index (χ1) is 16.7. The summed E-state index contributed by atoms with van der Waals surface area (Å²) in [6.07, 6.45) is 0. The molecule has 7 N–H and O–H groups in total. The van der Waals surface area contributed by atoms with Crippen molar-refractivity contribution in [3.63, 3.8) is 0 Å². The number of benzene rings is 4. The molecule has 1 heterocycles. The van der Waals surface area contributed by atoms with Crippen LogP contribution in [0.2, 0.25) is 0 Å². The third kappa shape index (κ3) is 3.86. The molecule has 4 aromatic rings. The van der Waals surface area contributed by atoms with Crippen LogP contribution in [0.3, 0.4) is 0 Å². The van der Waals surface area contributed by atoms with Crippen molar-refractivity contribution in [2.24, 2.45) is 0 Å². The van der Waals surface area contributed by atoms with Gasteiger partial charge in [0, 0.05) is 30.3 Å². The van der Waals surface area contributed by atoms with E-state index >= 15 is 0 Å². The second-order valence-electron chi connectivity index (χ2n) is 7.39. The van der Waals surface area contributed by atoms with Crippen LogP contribution in [-0.4, -0.2) is 35.7 Å². The molecule has 0 spiro atoms. The lowest BCUT2D eigenvalue weighted by molar-refractivity contribution is 0.298. The molecule has 0 unspecified atom stereocenters. The van der Waals surface area contributed by atoms with E-state index in [1.54, 1.807) is 0 Å². The third-order valence-electron chi connectivity index (χ3n) is 4.88. The van der Waals surface area contributed by atoms with Gasteiger partial charge in [0.25, 0.3) is 0 Å². The molecule has 0 fully saturated rings. The summed E-state index contributed by atoms with van der Waals surface area (Å²) in [6.45, 7) is 0. The van der Waals surface area contributed by atoms with E-state index in [2.05, 4.69) is 0 Å². The first-order valence-corrected chi connectivity index (χ1v) is 9.91. The first-order valence-electron chi connectivity index (χ1n) is 9.91. The zero-order chi connectivity index (χ0) is 24.9. The van der Waals surface area contributed by atoms with Crippen molar-refractivity contribution < 1.29 is 54.7 Å². The van der Waals surface area contributed by atoms with E-state index in [0.29, 0.717) is 0 Å². The number of fused-ring (bicyclic) bond motifs is 2. The van der Waals surface area contributed by atoms with Crippen LogP contribution in [0, 0.1) is 0 Å². The number of hydrogen-bond donors (Lipinski definition) is 7. The Morgan fingerprint density at radius 2 is 1.09 bits per heavy atom. The van der Waals surface area contributed by atoms with Gasteiger partial charge in [-0.15, -0.1) is 0 Å². The van der Waals surface area contributed by atoms with Crippen LogP contribution < -0.4 is 18.9 Å². The summed E-state index contributed by atoms with van der Waals surface area (Å²) in [6, 6.07) is 10.6. The molecule has 1 aliphatic heterocycles. The Hall–Kier alpha value is -5.32. The van der Waals surface area contributed by atoms with Gasteiger partial charge in [-0.25, -0.2) is 0 Å². The molecular weight excluding hydrogens is 464 g/mol. The van der Waals surface area contributed by atoms with E-state index in [9.17, 15) is 35.7 Å². The van der Waals surface area contributed by atoms with E-state index < -0.39 is 34.5 Å². The minimum atomic E-state index is -0.620. The van der Waals surface area contributed by atoms with Gasteiger partial charge in [-0.05, 0) is 24.3 Å². The molecule has 0 aliphatic carbocycles. The standard InChI is InChI=1S/C24H16O11/c25-10-1-3-13(4-2-10)32-23-19(33-20-14(28)5-11(26)6-15(20)29)9-17(31)22-24(23)35-21-16(30)7-12(27)8-18(21)34-22/h1-9,25-31H. The summed E-state index contributed by atoms with van der Waals surface area (Å²) < 4.78 is 22.9. The second-order valence-corrected chi connectivity index (χ2v) is 7.39. The maximum Gasteiger partial charge on any atom is 0.220 e. The summed E-state index contributed by atoms with van der Waals surface area (Å²) in [5.74, 6) is -4.55. The molecule has 178 valence electrons. The Kier molecular flexibility index (Phi) is 4.87. The Bertz CT molecular complexity index is 1440. The van der Waals surface area contributed by atoms with Crippen molar-refractivity contribution in [3.05, 3.63) is 54.6 Å². The van der Waals surface area contributed by atoms with Crippen LogP contribution in [0.25, 0.3) is 0 Å². The molecule has 0 bridgehead atoms. The summed E-state index contributed by atoms with van der Waals surface area (Å²) >= 11 is 0. The van der Waals surface area contributed by atoms with Crippen LogP contribution in [0.4, 0.5) is 0 Å². The molecule has 11 nitrogen and oxygen atoms in total. The fourth-order valence-corrected chi connectivity index (χ4v) is 3.34. The number of aromatic hydroxyl groups is 7. The average molecular weight is 480 g/mol. The quantitative estimate of drug-likeness (QED) is 0.182. The zero-order valence-corrected chi connectivity index (χ0v) is 17.5. The molecule has 0 saturated carbocycles. The molecule has 5 rings (SSSR count). The predicted molar refractivity (Wildman–Crippen MR) is 118 cm³/mol. The number of ether oxygens (including phenoxy) is 4. The minimum absolute atomic E-state index is 0.0289. The van der Waals surface area contributed by atoms with Gasteiger partial charge in [-0.2, -0.15) is 0 Å². The summed E-state index contributed by atoms with van der Waals surface area (Å²) in [5.41, 5.74) is 0. The number of phenolic OH excluding ortho intramolecular Hbond substituents is 7. The van der Waals surface area contributed by atoms with Gasteiger partial charge in [0.15, 0.2) is 34.5 Å². The minimum Gasteiger partial charge on any atom is -0.508 e. The highest BCUT2D eigenvalue weighted by atomic mass is 16.6. The zero-order valence-electron chi connectivity index (χ0n) is 17.5. The largest absolute Gasteiger partial charge is 0.508 e. The van der Waals surface area contributed by atoms with Crippen LogP contribution in [0.15, 0.2) is 54.6 Å². The lowest BCUT2D eigenvalue weighted by Gasteiger charge is -2.25. The van der Waals surface area contributed by atoms with E-state index in [-0.39, 0.29) is 51.7 Å². The van der Waals surface area contributed by atoms with Crippen LogP contribution >= 0.6 is 0 Å². The van der Waals surface area contributed by atoms with Crippen molar-refractivity contribution >= 4 is 0 Å². The maximum atomic E-state index is 10.6. The van der Waals surface area contributed by atoms with Gasteiger partial charge in [-0.1, -0.05) is 0 Å². The smallest absolute Gasteiger partial charge is 0.220 e. The topological polar surface area (TPSA) is 179 Å².